The second-order valence-corrected chi connectivity index (χ2v) is 8.77. The Morgan fingerprint density at radius 1 is 0.925 bits per heavy atom. The van der Waals surface area contributed by atoms with E-state index >= 15 is 0 Å². The number of benzene rings is 4. The molecule has 40 heavy (non-hydrogen) atoms. The van der Waals surface area contributed by atoms with Crippen LogP contribution in [0.25, 0.3) is 0 Å². The summed E-state index contributed by atoms with van der Waals surface area (Å²) in [5.74, 6) is 0.367. The summed E-state index contributed by atoms with van der Waals surface area (Å²) < 4.78 is 11.3. The molecule has 1 atom stereocenters. The van der Waals surface area contributed by atoms with E-state index in [9.17, 15) is 14.9 Å². The zero-order valence-corrected chi connectivity index (χ0v) is 21.9. The minimum Gasteiger partial charge on any atom is -0.493 e. The Morgan fingerprint density at radius 2 is 1.62 bits per heavy atom. The van der Waals surface area contributed by atoms with Crippen LogP contribution >= 0.6 is 0 Å². The van der Waals surface area contributed by atoms with Gasteiger partial charge in [0.2, 0.25) is 5.91 Å². The van der Waals surface area contributed by atoms with Gasteiger partial charge in [-0.1, -0.05) is 66.7 Å². The highest BCUT2D eigenvalue weighted by Crippen LogP contribution is 2.28. The zero-order chi connectivity index (χ0) is 28.2. The molecule has 0 aromatic heterocycles. The number of amides is 2. The van der Waals surface area contributed by atoms with Gasteiger partial charge in [0.25, 0.3) is 5.91 Å². The van der Waals surface area contributed by atoms with Gasteiger partial charge in [0.05, 0.1) is 37.4 Å². The summed E-state index contributed by atoms with van der Waals surface area (Å²) in [6, 6.07) is 32.3. The molecule has 8 heteroatoms. The topological polar surface area (TPSA) is 113 Å². The molecule has 0 aliphatic rings. The maximum Gasteiger partial charge on any atom is 0.251 e. The van der Waals surface area contributed by atoms with E-state index in [0.29, 0.717) is 28.2 Å². The van der Waals surface area contributed by atoms with E-state index in [1.165, 1.54) is 13.3 Å². The summed E-state index contributed by atoms with van der Waals surface area (Å²) in [5, 5.41) is 16.3. The molecule has 200 valence electrons. The molecule has 0 heterocycles. The van der Waals surface area contributed by atoms with Crippen molar-refractivity contribution in [1.82, 2.24) is 10.7 Å². The first kappa shape index (κ1) is 27.6. The van der Waals surface area contributed by atoms with Gasteiger partial charge in [0.1, 0.15) is 6.61 Å². The largest absolute Gasteiger partial charge is 0.493 e. The van der Waals surface area contributed by atoms with Gasteiger partial charge in [-0.2, -0.15) is 10.4 Å². The Bertz CT molecular complexity index is 1520. The lowest BCUT2D eigenvalue weighted by Crippen LogP contribution is -2.32. The molecule has 2 N–H and O–H groups in total. The van der Waals surface area contributed by atoms with Crippen LogP contribution in [-0.4, -0.2) is 25.1 Å². The van der Waals surface area contributed by atoms with Crippen molar-refractivity contribution < 1.29 is 19.1 Å². The number of ether oxygens (including phenoxy) is 2. The maximum absolute atomic E-state index is 12.7. The number of hydrogen-bond acceptors (Lipinski definition) is 6. The van der Waals surface area contributed by atoms with E-state index in [2.05, 4.69) is 21.9 Å². The van der Waals surface area contributed by atoms with E-state index in [1.54, 1.807) is 54.6 Å². The van der Waals surface area contributed by atoms with E-state index in [0.717, 1.165) is 11.1 Å². The molecule has 0 fully saturated rings. The monoisotopic (exact) mass is 532 g/mol. The van der Waals surface area contributed by atoms with Gasteiger partial charge in [-0.05, 0) is 47.5 Å². The quantitative estimate of drug-likeness (QED) is 0.205. The molecule has 0 saturated carbocycles. The summed E-state index contributed by atoms with van der Waals surface area (Å²) in [7, 11) is 1.53. The summed E-state index contributed by atoms with van der Waals surface area (Å²) in [5.41, 5.74) is 5.86. The van der Waals surface area contributed by atoms with Crippen LogP contribution in [-0.2, 0) is 11.4 Å². The molecule has 8 nitrogen and oxygen atoms in total. The predicted molar refractivity (Wildman–Crippen MR) is 152 cm³/mol. The van der Waals surface area contributed by atoms with Gasteiger partial charge in [-0.15, -0.1) is 0 Å². The van der Waals surface area contributed by atoms with E-state index in [-0.39, 0.29) is 24.8 Å². The van der Waals surface area contributed by atoms with Crippen LogP contribution in [0.4, 0.5) is 0 Å². The highest BCUT2D eigenvalue weighted by molar-refractivity contribution is 5.94. The molecule has 0 spiro atoms. The average molecular weight is 533 g/mol. The smallest absolute Gasteiger partial charge is 0.251 e. The van der Waals surface area contributed by atoms with Gasteiger partial charge in [0, 0.05) is 11.1 Å². The molecule has 2 amide bonds. The van der Waals surface area contributed by atoms with Gasteiger partial charge in [-0.3, -0.25) is 9.59 Å². The lowest BCUT2D eigenvalue weighted by Gasteiger charge is -2.18. The van der Waals surface area contributed by atoms with Crippen LogP contribution < -0.4 is 20.2 Å². The Balaban J connectivity index is 1.38. The average Bonchev–Trinajstić information content (AvgIpc) is 3.01. The minimum absolute atomic E-state index is 0.000196. The van der Waals surface area contributed by atoms with Gasteiger partial charge >= 0.3 is 0 Å². The Kier molecular flexibility index (Phi) is 9.62. The molecule has 4 aromatic carbocycles. The molecule has 0 aliphatic heterocycles. The maximum atomic E-state index is 12.7. The van der Waals surface area contributed by atoms with Crippen molar-refractivity contribution in [3.8, 4) is 17.6 Å². The highest BCUT2D eigenvalue weighted by Gasteiger charge is 2.19. The lowest BCUT2D eigenvalue weighted by molar-refractivity contribution is -0.121. The van der Waals surface area contributed by atoms with Crippen molar-refractivity contribution in [1.29, 1.82) is 5.26 Å². The van der Waals surface area contributed by atoms with Crippen LogP contribution in [0.2, 0.25) is 0 Å². The summed E-state index contributed by atoms with van der Waals surface area (Å²) in [6.07, 6.45) is 1.50. The lowest BCUT2D eigenvalue weighted by atomic mass is 10.0. The number of nitrogens with one attached hydrogen (secondary N) is 2. The third-order valence-corrected chi connectivity index (χ3v) is 6.04. The highest BCUT2D eigenvalue weighted by atomic mass is 16.5. The van der Waals surface area contributed by atoms with Crippen molar-refractivity contribution in [3.05, 3.63) is 131 Å². The summed E-state index contributed by atoms with van der Waals surface area (Å²) in [4.78, 5) is 25.5. The second-order valence-electron chi connectivity index (χ2n) is 8.77. The number of carbonyl (C=O) groups excluding carboxylic acids is 2. The van der Waals surface area contributed by atoms with Crippen molar-refractivity contribution in [3.63, 3.8) is 0 Å². The SMILES string of the molecule is COc1cc(/C=N\NC(=O)C[C@@H](NC(=O)c2ccccc2)c2ccccc2)ccc1OCc1ccccc1C#N. The first-order valence-corrected chi connectivity index (χ1v) is 12.6. The van der Waals surface area contributed by atoms with Crippen LogP contribution in [0, 0.1) is 11.3 Å². The Hall–Kier alpha value is -5.42. The predicted octanol–water partition coefficient (Wildman–Crippen LogP) is 5.16. The van der Waals surface area contributed by atoms with Crippen molar-refractivity contribution in [2.24, 2.45) is 5.10 Å². The normalized spacial score (nSPS) is 11.3. The summed E-state index contributed by atoms with van der Waals surface area (Å²) in [6.45, 7) is 0.215. The molecule has 4 rings (SSSR count). The van der Waals surface area contributed by atoms with Crippen LogP contribution in [0.5, 0.6) is 11.5 Å². The number of methoxy groups -OCH3 is 1. The number of hydrazone groups is 1. The third kappa shape index (κ3) is 7.55. The van der Waals surface area contributed by atoms with Crippen LogP contribution in [0.15, 0.2) is 108 Å². The van der Waals surface area contributed by atoms with Crippen molar-refractivity contribution in [2.75, 3.05) is 7.11 Å². The molecule has 0 unspecified atom stereocenters. The molecular formula is C32H28N4O4. The number of rotatable bonds is 11. The van der Waals surface area contributed by atoms with Crippen LogP contribution in [0.3, 0.4) is 0 Å². The third-order valence-electron chi connectivity index (χ3n) is 6.04. The molecule has 4 aromatic rings. The van der Waals surface area contributed by atoms with E-state index in [1.807, 2.05) is 48.5 Å². The second kappa shape index (κ2) is 13.9. The minimum atomic E-state index is -0.535. The molecule has 0 bridgehead atoms. The van der Waals surface area contributed by atoms with Crippen LogP contribution in [0.1, 0.15) is 45.1 Å². The standard InChI is InChI=1S/C32H28N4O4/c1-39-30-18-23(16-17-29(30)40-22-27-15-9-8-14-26(27)20-33)21-34-36-31(37)19-28(24-10-4-2-5-11-24)35-32(38)25-12-6-3-7-13-25/h2-18,21,28H,19,22H2,1H3,(H,35,38)(H,36,37)/b34-21-/t28-/m1/s1. The number of hydrogen-bond donors (Lipinski definition) is 2. The molecule has 0 saturated heterocycles. The fourth-order valence-electron chi connectivity index (χ4n) is 3.97. The molecule has 0 radical (unpaired) electrons. The number of nitriles is 1. The number of nitrogens with zero attached hydrogens (tertiary/aromatic N) is 2. The first-order valence-electron chi connectivity index (χ1n) is 12.6. The summed E-state index contributed by atoms with van der Waals surface area (Å²) >= 11 is 0. The van der Waals surface area contributed by atoms with Crippen molar-refractivity contribution >= 4 is 18.0 Å². The van der Waals surface area contributed by atoms with Gasteiger partial charge < -0.3 is 14.8 Å². The number of carbonyl (C=O) groups is 2. The molecule has 0 aliphatic carbocycles. The van der Waals surface area contributed by atoms with E-state index in [4.69, 9.17) is 9.47 Å². The van der Waals surface area contributed by atoms with Gasteiger partial charge in [0.15, 0.2) is 11.5 Å². The first-order chi connectivity index (χ1) is 19.6. The fourth-order valence-corrected chi connectivity index (χ4v) is 3.97. The Morgan fingerprint density at radius 3 is 2.35 bits per heavy atom. The van der Waals surface area contributed by atoms with Gasteiger partial charge in [-0.25, -0.2) is 5.43 Å². The molecular weight excluding hydrogens is 504 g/mol. The zero-order valence-electron chi connectivity index (χ0n) is 21.9. The van der Waals surface area contributed by atoms with E-state index < -0.39 is 6.04 Å². The fraction of sp³-hybridized carbons (Fsp3) is 0.125. The Labute approximate surface area is 232 Å². The van der Waals surface area contributed by atoms with Crippen molar-refractivity contribution in [2.45, 2.75) is 19.1 Å².